The van der Waals surface area contributed by atoms with Crippen LogP contribution in [0.15, 0.2) is 12.2 Å². The second-order valence-corrected chi connectivity index (χ2v) is 7.57. The lowest BCUT2D eigenvalue weighted by atomic mass is 10.0. The van der Waals surface area contributed by atoms with Crippen molar-refractivity contribution >= 4 is 23.9 Å². The maximum absolute atomic E-state index is 12.3. The van der Waals surface area contributed by atoms with Crippen LogP contribution in [0.3, 0.4) is 0 Å². The lowest BCUT2D eigenvalue weighted by Gasteiger charge is -2.25. The number of cyclic esters (lactones) is 1. The van der Waals surface area contributed by atoms with Crippen molar-refractivity contribution in [3.63, 3.8) is 0 Å². The van der Waals surface area contributed by atoms with Gasteiger partial charge in [-0.15, -0.1) is 0 Å². The van der Waals surface area contributed by atoms with Gasteiger partial charge >= 0.3 is 23.9 Å². The summed E-state index contributed by atoms with van der Waals surface area (Å²) in [7, 11) is 0. The highest BCUT2D eigenvalue weighted by Crippen LogP contribution is 2.19. The van der Waals surface area contributed by atoms with Gasteiger partial charge in [0.15, 0.2) is 6.10 Å². The van der Waals surface area contributed by atoms with E-state index in [-0.39, 0.29) is 0 Å². The number of esters is 4. The predicted octanol–water partition coefficient (Wildman–Crippen LogP) is 3.40. The summed E-state index contributed by atoms with van der Waals surface area (Å²) in [5, 5.41) is 0. The minimum atomic E-state index is -0.897. The summed E-state index contributed by atoms with van der Waals surface area (Å²) in [5.41, 5.74) is 0. The average Bonchev–Trinajstić information content (AvgIpc) is 2.63. The highest BCUT2D eigenvalue weighted by atomic mass is 16.6. The molecule has 4 atom stereocenters. The fourth-order valence-electron chi connectivity index (χ4n) is 3.41. The van der Waals surface area contributed by atoms with E-state index in [1.807, 2.05) is 0 Å². The molecule has 0 fully saturated rings. The molecule has 30 heavy (non-hydrogen) atoms. The minimum absolute atomic E-state index is 0.424. The fraction of sp³-hybridized carbons (Fsp3) is 0.727. The van der Waals surface area contributed by atoms with Gasteiger partial charge in [0.05, 0.1) is 0 Å². The Morgan fingerprint density at radius 2 is 1.27 bits per heavy atom. The molecule has 1 rings (SSSR count). The van der Waals surface area contributed by atoms with Crippen molar-refractivity contribution in [2.24, 2.45) is 0 Å². The summed E-state index contributed by atoms with van der Waals surface area (Å²) in [6.45, 7) is 5.54. The Balaban J connectivity index is 3.01. The van der Waals surface area contributed by atoms with E-state index in [1.165, 1.54) is 26.8 Å². The van der Waals surface area contributed by atoms with Crippen molar-refractivity contribution in [1.29, 1.82) is 0 Å². The monoisotopic (exact) mass is 426 g/mol. The van der Waals surface area contributed by atoms with E-state index in [4.69, 9.17) is 18.9 Å². The van der Waals surface area contributed by atoms with Gasteiger partial charge in [0, 0.05) is 26.8 Å². The molecule has 0 aromatic carbocycles. The Morgan fingerprint density at radius 3 is 1.80 bits per heavy atom. The lowest BCUT2D eigenvalue weighted by molar-refractivity contribution is -0.163. The molecule has 0 unspecified atom stereocenters. The van der Waals surface area contributed by atoms with E-state index >= 15 is 0 Å². The SMILES string of the molecule is CC(=O)O[C@H]1CCCCCCCC[C@H](OC(C)=O)[C@H](OC(C)=O)/C=C\C(=O)O[C@@H]1C. The Kier molecular flexibility index (Phi) is 11.8. The number of rotatable bonds is 3. The molecule has 0 radical (unpaired) electrons. The van der Waals surface area contributed by atoms with Crippen molar-refractivity contribution in [2.75, 3.05) is 0 Å². The second kappa shape index (κ2) is 13.8. The maximum Gasteiger partial charge on any atom is 0.330 e. The van der Waals surface area contributed by atoms with Crippen LogP contribution in [-0.4, -0.2) is 48.3 Å². The normalized spacial score (nSPS) is 27.9. The van der Waals surface area contributed by atoms with Crippen molar-refractivity contribution < 1.29 is 38.1 Å². The van der Waals surface area contributed by atoms with Gasteiger partial charge in [-0.2, -0.15) is 0 Å². The molecule has 0 spiro atoms. The Labute approximate surface area is 178 Å². The van der Waals surface area contributed by atoms with Gasteiger partial charge in [-0.05, 0) is 38.7 Å². The molecule has 0 N–H and O–H groups in total. The third-order valence-electron chi connectivity index (χ3n) is 4.78. The molecule has 0 saturated heterocycles. The first-order valence-electron chi connectivity index (χ1n) is 10.6. The molecule has 0 amide bonds. The smallest absolute Gasteiger partial charge is 0.330 e. The van der Waals surface area contributed by atoms with Crippen molar-refractivity contribution in [3.8, 4) is 0 Å². The molecule has 8 heteroatoms. The summed E-state index contributed by atoms with van der Waals surface area (Å²) in [6.07, 6.45) is 6.53. The topological polar surface area (TPSA) is 105 Å². The van der Waals surface area contributed by atoms with Gasteiger partial charge in [0.25, 0.3) is 0 Å². The second-order valence-electron chi connectivity index (χ2n) is 7.57. The first-order chi connectivity index (χ1) is 14.2. The average molecular weight is 427 g/mol. The van der Waals surface area contributed by atoms with Crippen molar-refractivity contribution in [2.45, 2.75) is 103 Å². The quantitative estimate of drug-likeness (QED) is 0.499. The minimum Gasteiger partial charge on any atom is -0.459 e. The van der Waals surface area contributed by atoms with Crippen LogP contribution in [0, 0.1) is 0 Å². The molecule has 0 saturated carbocycles. The van der Waals surface area contributed by atoms with Crippen LogP contribution < -0.4 is 0 Å². The Bertz CT molecular complexity index is 612. The van der Waals surface area contributed by atoms with Crippen molar-refractivity contribution in [1.82, 2.24) is 0 Å². The zero-order valence-corrected chi connectivity index (χ0v) is 18.4. The van der Waals surface area contributed by atoms with Gasteiger partial charge in [-0.3, -0.25) is 14.4 Å². The third kappa shape index (κ3) is 11.0. The van der Waals surface area contributed by atoms with Crippen LogP contribution in [0.4, 0.5) is 0 Å². The molecule has 1 aliphatic heterocycles. The molecule has 0 aromatic rings. The largest absolute Gasteiger partial charge is 0.459 e. The van der Waals surface area contributed by atoms with Gasteiger partial charge in [0.1, 0.15) is 18.3 Å². The number of carbonyl (C=O) groups is 4. The molecule has 0 bridgehead atoms. The van der Waals surface area contributed by atoms with E-state index in [0.717, 1.165) is 44.6 Å². The number of hydrogen-bond acceptors (Lipinski definition) is 8. The summed E-state index contributed by atoms with van der Waals surface area (Å²) >= 11 is 0. The molecule has 1 heterocycles. The van der Waals surface area contributed by atoms with E-state index < -0.39 is 48.3 Å². The highest BCUT2D eigenvalue weighted by Gasteiger charge is 2.26. The van der Waals surface area contributed by atoms with E-state index in [2.05, 4.69) is 0 Å². The van der Waals surface area contributed by atoms with E-state index in [1.54, 1.807) is 6.92 Å². The Morgan fingerprint density at radius 1 is 0.800 bits per heavy atom. The van der Waals surface area contributed by atoms with Crippen LogP contribution in [0.5, 0.6) is 0 Å². The van der Waals surface area contributed by atoms with Crippen LogP contribution in [0.2, 0.25) is 0 Å². The molecule has 0 aromatic heterocycles. The highest BCUT2D eigenvalue weighted by molar-refractivity contribution is 5.82. The van der Waals surface area contributed by atoms with Gasteiger partial charge in [-0.1, -0.05) is 25.7 Å². The molecular formula is C22H34O8. The lowest BCUT2D eigenvalue weighted by Crippen LogP contribution is -2.34. The molecule has 170 valence electrons. The maximum atomic E-state index is 12.3. The zero-order valence-electron chi connectivity index (χ0n) is 18.4. The molecular weight excluding hydrogens is 392 g/mol. The zero-order chi connectivity index (χ0) is 22.5. The predicted molar refractivity (Wildman–Crippen MR) is 108 cm³/mol. The van der Waals surface area contributed by atoms with E-state index in [0.29, 0.717) is 12.8 Å². The molecule has 0 aliphatic carbocycles. The third-order valence-corrected chi connectivity index (χ3v) is 4.78. The standard InChI is InChI=1S/C22H34O8/c1-15-19(28-16(2)23)11-9-7-5-6-8-10-12-20(29-17(3)24)21(30-18(4)25)13-14-22(26)27-15/h13-15,19-21H,5-12H2,1-4H3/b14-13-/t15-,19+,20+,21-/m1/s1. The summed E-state index contributed by atoms with van der Waals surface area (Å²) < 4.78 is 21.3. The first-order valence-corrected chi connectivity index (χ1v) is 10.6. The van der Waals surface area contributed by atoms with Crippen LogP contribution in [-0.2, 0) is 38.1 Å². The summed E-state index contributed by atoms with van der Waals surface area (Å²) in [6, 6.07) is 0. The fourth-order valence-corrected chi connectivity index (χ4v) is 3.41. The van der Waals surface area contributed by atoms with Crippen molar-refractivity contribution in [3.05, 3.63) is 12.2 Å². The van der Waals surface area contributed by atoms with Gasteiger partial charge in [0.2, 0.25) is 0 Å². The number of hydrogen-bond donors (Lipinski definition) is 0. The molecule has 1 aliphatic rings. The molecule has 8 nitrogen and oxygen atoms in total. The van der Waals surface area contributed by atoms with Crippen LogP contribution in [0.1, 0.15) is 79.1 Å². The van der Waals surface area contributed by atoms with Gasteiger partial charge in [-0.25, -0.2) is 4.79 Å². The first kappa shape index (κ1) is 25.7. The van der Waals surface area contributed by atoms with Gasteiger partial charge < -0.3 is 18.9 Å². The number of ether oxygens (including phenoxy) is 4. The Hall–Kier alpha value is -2.38. The number of carbonyl (C=O) groups excluding carboxylic acids is 4. The van der Waals surface area contributed by atoms with Crippen LogP contribution in [0.25, 0.3) is 0 Å². The summed E-state index contributed by atoms with van der Waals surface area (Å²) in [4.78, 5) is 46.7. The summed E-state index contributed by atoms with van der Waals surface area (Å²) in [5.74, 6) is -2.12. The van der Waals surface area contributed by atoms with Crippen LogP contribution >= 0.6 is 0 Å². The van der Waals surface area contributed by atoms with E-state index in [9.17, 15) is 19.2 Å².